The van der Waals surface area contributed by atoms with E-state index in [1.54, 1.807) is 0 Å². The molecule has 0 aliphatic rings. The zero-order valence-electron chi connectivity index (χ0n) is 14.5. The average molecular weight is 415 g/mol. The summed E-state index contributed by atoms with van der Waals surface area (Å²) < 4.78 is 6.34. The average Bonchev–Trinajstić information content (AvgIpc) is 3.11. The van der Waals surface area contributed by atoms with E-state index < -0.39 is 0 Å². The molecule has 1 heterocycles. The summed E-state index contributed by atoms with van der Waals surface area (Å²) in [6.45, 7) is 4.70. The monoisotopic (exact) mass is 414 g/mol. The van der Waals surface area contributed by atoms with Gasteiger partial charge < -0.3 is 15.2 Å². The maximum atomic E-state index is 11.9. The number of hydrogen-bond donors (Lipinski definition) is 2. The van der Waals surface area contributed by atoms with E-state index in [9.17, 15) is 4.79 Å². The SMILES string of the molecule is CC(C)CNC(=O)Nc1cccc(-c2noc(-c3ccc(Br)cc3)n2)c1. The van der Waals surface area contributed by atoms with Crippen LogP contribution in [0.4, 0.5) is 10.5 Å². The number of benzene rings is 2. The van der Waals surface area contributed by atoms with Gasteiger partial charge in [0.2, 0.25) is 5.82 Å². The first kappa shape index (κ1) is 18.1. The molecular weight excluding hydrogens is 396 g/mol. The Hall–Kier alpha value is -2.67. The summed E-state index contributed by atoms with van der Waals surface area (Å²) in [5, 5.41) is 9.67. The predicted molar refractivity (Wildman–Crippen MR) is 105 cm³/mol. The summed E-state index contributed by atoms with van der Waals surface area (Å²) in [6.07, 6.45) is 0. The van der Waals surface area contributed by atoms with E-state index in [4.69, 9.17) is 4.52 Å². The minimum atomic E-state index is -0.237. The number of hydrogen-bond acceptors (Lipinski definition) is 4. The highest BCUT2D eigenvalue weighted by atomic mass is 79.9. The number of carbonyl (C=O) groups is 1. The van der Waals surface area contributed by atoms with Crippen molar-refractivity contribution in [2.24, 2.45) is 5.92 Å². The largest absolute Gasteiger partial charge is 0.338 e. The Kier molecular flexibility index (Phi) is 5.68. The van der Waals surface area contributed by atoms with Crippen LogP contribution < -0.4 is 10.6 Å². The van der Waals surface area contributed by atoms with Gasteiger partial charge in [-0.1, -0.05) is 47.1 Å². The quantitative estimate of drug-likeness (QED) is 0.619. The van der Waals surface area contributed by atoms with Crippen LogP contribution in [0.25, 0.3) is 22.8 Å². The third-order valence-corrected chi connectivity index (χ3v) is 4.10. The van der Waals surface area contributed by atoms with Crippen LogP contribution >= 0.6 is 15.9 Å². The lowest BCUT2D eigenvalue weighted by Crippen LogP contribution is -2.31. The van der Waals surface area contributed by atoms with E-state index in [1.807, 2.05) is 62.4 Å². The topological polar surface area (TPSA) is 80.0 Å². The summed E-state index contributed by atoms with van der Waals surface area (Å²) in [7, 11) is 0. The molecule has 0 spiro atoms. The van der Waals surface area contributed by atoms with E-state index in [-0.39, 0.29) is 6.03 Å². The van der Waals surface area contributed by atoms with Crippen LogP contribution in [-0.4, -0.2) is 22.7 Å². The fraction of sp³-hybridized carbons (Fsp3) is 0.211. The van der Waals surface area contributed by atoms with Crippen molar-refractivity contribution in [1.29, 1.82) is 0 Å². The van der Waals surface area contributed by atoms with E-state index in [1.165, 1.54) is 0 Å². The summed E-state index contributed by atoms with van der Waals surface area (Å²) in [5.41, 5.74) is 2.27. The highest BCUT2D eigenvalue weighted by Crippen LogP contribution is 2.25. The standard InChI is InChI=1S/C19H19BrN4O2/c1-12(2)11-21-19(25)22-16-5-3-4-14(10-16)17-23-18(26-24-17)13-6-8-15(20)9-7-13/h3-10,12H,11H2,1-2H3,(H2,21,22,25). The predicted octanol–water partition coefficient (Wildman–Crippen LogP) is 4.94. The Morgan fingerprint density at radius 3 is 2.65 bits per heavy atom. The van der Waals surface area contributed by atoms with Crippen molar-refractivity contribution >= 4 is 27.6 Å². The molecule has 134 valence electrons. The van der Waals surface area contributed by atoms with E-state index >= 15 is 0 Å². The molecule has 2 amide bonds. The zero-order valence-corrected chi connectivity index (χ0v) is 16.1. The second-order valence-corrected chi connectivity index (χ2v) is 7.16. The number of aromatic nitrogens is 2. The van der Waals surface area contributed by atoms with Crippen molar-refractivity contribution in [3.8, 4) is 22.8 Å². The first-order valence-corrected chi connectivity index (χ1v) is 9.05. The third kappa shape index (κ3) is 4.70. The van der Waals surface area contributed by atoms with Gasteiger partial charge >= 0.3 is 6.03 Å². The molecule has 6 nitrogen and oxygen atoms in total. The summed E-state index contributed by atoms with van der Waals surface area (Å²) in [4.78, 5) is 16.3. The number of urea groups is 1. The van der Waals surface area contributed by atoms with E-state index in [0.29, 0.717) is 29.9 Å². The number of amides is 2. The van der Waals surface area contributed by atoms with Crippen LogP contribution in [0.2, 0.25) is 0 Å². The van der Waals surface area contributed by atoms with Crippen LogP contribution in [0.1, 0.15) is 13.8 Å². The smallest absolute Gasteiger partial charge is 0.319 e. The van der Waals surface area contributed by atoms with Crippen molar-refractivity contribution in [3.63, 3.8) is 0 Å². The zero-order chi connectivity index (χ0) is 18.5. The second-order valence-electron chi connectivity index (χ2n) is 6.24. The molecule has 0 bridgehead atoms. The number of nitrogens with one attached hydrogen (secondary N) is 2. The van der Waals surface area contributed by atoms with E-state index in [0.717, 1.165) is 15.6 Å². The molecule has 26 heavy (non-hydrogen) atoms. The lowest BCUT2D eigenvalue weighted by molar-refractivity contribution is 0.251. The first-order valence-electron chi connectivity index (χ1n) is 8.26. The van der Waals surface area contributed by atoms with Crippen molar-refractivity contribution in [3.05, 3.63) is 53.0 Å². The highest BCUT2D eigenvalue weighted by molar-refractivity contribution is 9.10. The lowest BCUT2D eigenvalue weighted by Gasteiger charge is -2.09. The second kappa shape index (κ2) is 8.14. The van der Waals surface area contributed by atoms with Crippen molar-refractivity contribution in [2.75, 3.05) is 11.9 Å². The van der Waals surface area contributed by atoms with Crippen LogP contribution in [-0.2, 0) is 0 Å². The van der Waals surface area contributed by atoms with Crippen molar-refractivity contribution in [1.82, 2.24) is 15.5 Å². The van der Waals surface area contributed by atoms with Gasteiger partial charge in [0.1, 0.15) is 0 Å². The number of carbonyl (C=O) groups excluding carboxylic acids is 1. The third-order valence-electron chi connectivity index (χ3n) is 3.57. The summed E-state index contributed by atoms with van der Waals surface area (Å²) in [6, 6.07) is 14.7. The molecule has 0 atom stereocenters. The Bertz CT molecular complexity index is 891. The molecule has 0 fully saturated rings. The Morgan fingerprint density at radius 1 is 1.15 bits per heavy atom. The van der Waals surface area contributed by atoms with E-state index in [2.05, 4.69) is 36.7 Å². The fourth-order valence-corrected chi connectivity index (χ4v) is 2.52. The fourth-order valence-electron chi connectivity index (χ4n) is 2.26. The van der Waals surface area contributed by atoms with Gasteiger partial charge in [-0.05, 0) is 42.3 Å². The maximum Gasteiger partial charge on any atom is 0.319 e. The van der Waals surface area contributed by atoms with Crippen LogP contribution in [0, 0.1) is 5.92 Å². The molecule has 0 saturated carbocycles. The number of nitrogens with zero attached hydrogens (tertiary/aromatic N) is 2. The Balaban J connectivity index is 1.74. The van der Waals surface area contributed by atoms with Crippen molar-refractivity contribution in [2.45, 2.75) is 13.8 Å². The first-order chi connectivity index (χ1) is 12.5. The van der Waals surface area contributed by atoms with Crippen molar-refractivity contribution < 1.29 is 9.32 Å². The highest BCUT2D eigenvalue weighted by Gasteiger charge is 2.11. The van der Waals surface area contributed by atoms with Gasteiger partial charge in [0.05, 0.1) is 0 Å². The summed E-state index contributed by atoms with van der Waals surface area (Å²) >= 11 is 3.40. The maximum absolute atomic E-state index is 11.9. The molecule has 0 aliphatic heterocycles. The Morgan fingerprint density at radius 2 is 1.92 bits per heavy atom. The summed E-state index contributed by atoms with van der Waals surface area (Å²) in [5.74, 6) is 1.30. The van der Waals surface area contributed by atoms with Gasteiger partial charge in [-0.2, -0.15) is 4.98 Å². The molecule has 3 aromatic rings. The normalized spacial score (nSPS) is 10.8. The van der Waals surface area contributed by atoms with Gasteiger partial charge in [0, 0.05) is 27.8 Å². The lowest BCUT2D eigenvalue weighted by atomic mass is 10.2. The van der Waals surface area contributed by atoms with Gasteiger partial charge in [-0.25, -0.2) is 4.79 Å². The number of anilines is 1. The van der Waals surface area contributed by atoms with Gasteiger partial charge in [0.15, 0.2) is 0 Å². The minimum absolute atomic E-state index is 0.237. The number of halogens is 1. The molecule has 0 radical (unpaired) electrons. The molecular formula is C19H19BrN4O2. The van der Waals surface area contributed by atoms with Gasteiger partial charge in [-0.15, -0.1) is 0 Å². The number of rotatable bonds is 5. The minimum Gasteiger partial charge on any atom is -0.338 e. The molecule has 0 aliphatic carbocycles. The van der Waals surface area contributed by atoms with Crippen LogP contribution in [0.3, 0.4) is 0 Å². The molecule has 0 unspecified atom stereocenters. The molecule has 2 aromatic carbocycles. The molecule has 0 saturated heterocycles. The van der Waals surface area contributed by atoms with Crippen LogP contribution in [0.15, 0.2) is 57.5 Å². The van der Waals surface area contributed by atoms with Crippen LogP contribution in [0.5, 0.6) is 0 Å². The van der Waals surface area contributed by atoms with Gasteiger partial charge in [-0.3, -0.25) is 0 Å². The van der Waals surface area contributed by atoms with Gasteiger partial charge in [0.25, 0.3) is 5.89 Å². The molecule has 2 N–H and O–H groups in total. The molecule has 3 rings (SSSR count). The molecule has 1 aromatic heterocycles. The Labute approximate surface area is 160 Å². The molecule has 7 heteroatoms.